The van der Waals surface area contributed by atoms with Crippen molar-refractivity contribution in [3.05, 3.63) is 11.8 Å². The first-order valence-electron chi connectivity index (χ1n) is 8.35. The molecule has 5 nitrogen and oxygen atoms in total. The van der Waals surface area contributed by atoms with Gasteiger partial charge in [-0.05, 0) is 44.4 Å². The average molecular weight is 293 g/mol. The van der Waals surface area contributed by atoms with Gasteiger partial charge in [0.1, 0.15) is 0 Å². The molecule has 5 heteroatoms. The molecule has 3 rings (SSSR count). The zero-order chi connectivity index (χ0) is 14.7. The molecule has 1 saturated carbocycles. The van der Waals surface area contributed by atoms with Gasteiger partial charge in [-0.25, -0.2) is 0 Å². The minimum atomic E-state index is 0.383. The molecule has 2 fully saturated rings. The molecular formula is C16H27N3O2. The maximum Gasteiger partial charge on any atom is 0.230 e. The molecule has 2 heterocycles. The van der Waals surface area contributed by atoms with Gasteiger partial charge in [-0.2, -0.15) is 0 Å². The Morgan fingerprint density at radius 1 is 1.14 bits per heavy atom. The standard InChI is InChI=1S/C16H27N3O2/c1-12-5-7-14(8-6-12)19(10-15-4-3-9-20-15)11-16-18-17-13(2)21-16/h12,14-15H,3-11H2,1-2H3/t12?,14?,15-/m1/s1. The van der Waals surface area contributed by atoms with E-state index in [0.29, 0.717) is 18.0 Å². The lowest BCUT2D eigenvalue weighted by molar-refractivity contribution is 0.0369. The lowest BCUT2D eigenvalue weighted by atomic mass is 9.86. The van der Waals surface area contributed by atoms with E-state index in [4.69, 9.17) is 9.15 Å². The monoisotopic (exact) mass is 293 g/mol. The first-order valence-corrected chi connectivity index (χ1v) is 8.35. The van der Waals surface area contributed by atoms with Crippen LogP contribution in [0, 0.1) is 12.8 Å². The van der Waals surface area contributed by atoms with Crippen LogP contribution in [-0.4, -0.2) is 40.4 Å². The quantitative estimate of drug-likeness (QED) is 0.835. The fourth-order valence-electron chi connectivity index (χ4n) is 3.58. The minimum absolute atomic E-state index is 0.383. The third-order valence-corrected chi connectivity index (χ3v) is 4.87. The highest BCUT2D eigenvalue weighted by molar-refractivity contribution is 4.86. The second-order valence-corrected chi connectivity index (χ2v) is 6.69. The van der Waals surface area contributed by atoms with Gasteiger partial charge < -0.3 is 9.15 Å². The minimum Gasteiger partial charge on any atom is -0.424 e. The smallest absolute Gasteiger partial charge is 0.230 e. The van der Waals surface area contributed by atoms with Crippen LogP contribution in [0.25, 0.3) is 0 Å². The largest absolute Gasteiger partial charge is 0.424 e. The molecular weight excluding hydrogens is 266 g/mol. The summed E-state index contributed by atoms with van der Waals surface area (Å²) >= 11 is 0. The molecule has 0 amide bonds. The van der Waals surface area contributed by atoms with Crippen LogP contribution in [-0.2, 0) is 11.3 Å². The Hall–Kier alpha value is -0.940. The highest BCUT2D eigenvalue weighted by Crippen LogP contribution is 2.29. The summed E-state index contributed by atoms with van der Waals surface area (Å²) in [5, 5.41) is 8.12. The summed E-state index contributed by atoms with van der Waals surface area (Å²) in [5.41, 5.74) is 0. The molecule has 0 radical (unpaired) electrons. The highest BCUT2D eigenvalue weighted by atomic mass is 16.5. The average Bonchev–Trinajstić information content (AvgIpc) is 3.11. The normalized spacial score (nSPS) is 30.1. The summed E-state index contributed by atoms with van der Waals surface area (Å²) in [4.78, 5) is 2.52. The van der Waals surface area contributed by atoms with Gasteiger partial charge in [0.2, 0.25) is 11.8 Å². The van der Waals surface area contributed by atoms with Crippen molar-refractivity contribution < 1.29 is 9.15 Å². The molecule has 1 aromatic heterocycles. The zero-order valence-corrected chi connectivity index (χ0v) is 13.3. The molecule has 1 saturated heterocycles. The molecule has 21 heavy (non-hydrogen) atoms. The van der Waals surface area contributed by atoms with Crippen molar-refractivity contribution in [2.24, 2.45) is 5.92 Å². The van der Waals surface area contributed by atoms with Gasteiger partial charge in [0, 0.05) is 26.1 Å². The number of aryl methyl sites for hydroxylation is 1. The maximum atomic E-state index is 5.83. The van der Waals surface area contributed by atoms with Crippen molar-refractivity contribution in [1.29, 1.82) is 0 Å². The SMILES string of the molecule is Cc1nnc(CN(C[C@H]2CCCO2)C2CCC(C)CC2)o1. The van der Waals surface area contributed by atoms with E-state index in [2.05, 4.69) is 22.0 Å². The second kappa shape index (κ2) is 6.88. The Kier molecular flexibility index (Phi) is 4.91. The molecule has 1 aliphatic carbocycles. The first kappa shape index (κ1) is 15.0. The van der Waals surface area contributed by atoms with Crippen LogP contribution in [0.2, 0.25) is 0 Å². The first-order chi connectivity index (χ1) is 10.2. The summed E-state index contributed by atoms with van der Waals surface area (Å²) in [6.07, 6.45) is 7.98. The predicted octanol–water partition coefficient (Wildman–Crippen LogP) is 2.94. The van der Waals surface area contributed by atoms with Crippen molar-refractivity contribution in [2.75, 3.05) is 13.2 Å². The van der Waals surface area contributed by atoms with E-state index in [-0.39, 0.29) is 0 Å². The van der Waals surface area contributed by atoms with Gasteiger partial charge >= 0.3 is 0 Å². The molecule has 1 aromatic rings. The zero-order valence-electron chi connectivity index (χ0n) is 13.3. The molecule has 118 valence electrons. The van der Waals surface area contributed by atoms with E-state index in [1.54, 1.807) is 0 Å². The number of ether oxygens (including phenoxy) is 1. The number of hydrogen-bond donors (Lipinski definition) is 0. The van der Waals surface area contributed by atoms with Gasteiger partial charge in [0.15, 0.2) is 0 Å². The summed E-state index contributed by atoms with van der Waals surface area (Å²) in [6, 6.07) is 0.637. The molecule has 0 unspecified atom stereocenters. The summed E-state index contributed by atoms with van der Waals surface area (Å²) in [7, 11) is 0. The summed E-state index contributed by atoms with van der Waals surface area (Å²) in [5.74, 6) is 2.26. The van der Waals surface area contributed by atoms with E-state index < -0.39 is 0 Å². The molecule has 0 bridgehead atoms. The third kappa shape index (κ3) is 4.04. The predicted molar refractivity (Wildman–Crippen MR) is 79.8 cm³/mol. The Morgan fingerprint density at radius 2 is 1.95 bits per heavy atom. The van der Waals surface area contributed by atoms with E-state index in [9.17, 15) is 0 Å². The molecule has 0 N–H and O–H groups in total. The van der Waals surface area contributed by atoms with Gasteiger partial charge in [-0.1, -0.05) is 6.92 Å². The van der Waals surface area contributed by atoms with Crippen LogP contribution in [0.3, 0.4) is 0 Å². The molecule has 2 aliphatic rings. The van der Waals surface area contributed by atoms with E-state index in [1.165, 1.54) is 38.5 Å². The van der Waals surface area contributed by atoms with Gasteiger partial charge in [-0.15, -0.1) is 10.2 Å². The van der Waals surface area contributed by atoms with Crippen LogP contribution in [0.4, 0.5) is 0 Å². The Bertz CT molecular complexity index is 434. The van der Waals surface area contributed by atoms with Crippen LogP contribution in [0.15, 0.2) is 4.42 Å². The topological polar surface area (TPSA) is 51.4 Å². The Balaban J connectivity index is 1.64. The molecule has 0 aromatic carbocycles. The van der Waals surface area contributed by atoms with Crippen molar-refractivity contribution in [3.63, 3.8) is 0 Å². The Labute approximate surface area is 127 Å². The molecule has 1 aliphatic heterocycles. The number of rotatable bonds is 5. The van der Waals surface area contributed by atoms with Crippen LogP contribution in [0.5, 0.6) is 0 Å². The van der Waals surface area contributed by atoms with E-state index in [0.717, 1.165) is 31.5 Å². The molecule has 0 spiro atoms. The van der Waals surface area contributed by atoms with E-state index >= 15 is 0 Å². The van der Waals surface area contributed by atoms with Crippen molar-refractivity contribution in [1.82, 2.24) is 15.1 Å². The van der Waals surface area contributed by atoms with Crippen LogP contribution >= 0.6 is 0 Å². The van der Waals surface area contributed by atoms with Gasteiger partial charge in [0.05, 0.1) is 12.6 Å². The number of hydrogen-bond acceptors (Lipinski definition) is 5. The number of aromatic nitrogens is 2. The van der Waals surface area contributed by atoms with Crippen LogP contribution in [0.1, 0.15) is 57.2 Å². The lowest BCUT2D eigenvalue weighted by Gasteiger charge is -2.36. The maximum absolute atomic E-state index is 5.83. The Morgan fingerprint density at radius 3 is 2.57 bits per heavy atom. The van der Waals surface area contributed by atoms with E-state index in [1.807, 2.05) is 6.92 Å². The highest BCUT2D eigenvalue weighted by Gasteiger charge is 2.28. The van der Waals surface area contributed by atoms with Crippen molar-refractivity contribution in [2.45, 2.75) is 71.1 Å². The van der Waals surface area contributed by atoms with Gasteiger partial charge in [0.25, 0.3) is 0 Å². The van der Waals surface area contributed by atoms with Crippen molar-refractivity contribution in [3.8, 4) is 0 Å². The fourth-order valence-corrected chi connectivity index (χ4v) is 3.58. The summed E-state index contributed by atoms with van der Waals surface area (Å²) in [6.45, 7) is 6.89. The second-order valence-electron chi connectivity index (χ2n) is 6.69. The fraction of sp³-hybridized carbons (Fsp3) is 0.875. The number of nitrogens with zero attached hydrogens (tertiary/aromatic N) is 3. The summed E-state index contributed by atoms with van der Waals surface area (Å²) < 4.78 is 11.4. The molecule has 1 atom stereocenters. The van der Waals surface area contributed by atoms with Gasteiger partial charge in [-0.3, -0.25) is 4.90 Å². The van der Waals surface area contributed by atoms with Crippen molar-refractivity contribution >= 4 is 0 Å². The lowest BCUT2D eigenvalue weighted by Crippen LogP contribution is -2.41. The third-order valence-electron chi connectivity index (χ3n) is 4.87. The van der Waals surface area contributed by atoms with Crippen LogP contribution < -0.4 is 0 Å².